The molecule has 3 aromatic rings. The first-order valence-corrected chi connectivity index (χ1v) is 11.3. The number of methoxy groups -OCH3 is 1. The van der Waals surface area contributed by atoms with Gasteiger partial charge >= 0.3 is 0 Å². The number of aromatic nitrogens is 3. The molecule has 1 amide bonds. The summed E-state index contributed by atoms with van der Waals surface area (Å²) in [6.07, 6.45) is 4.09. The van der Waals surface area contributed by atoms with Crippen LogP contribution in [0.15, 0.2) is 35.0 Å². The van der Waals surface area contributed by atoms with E-state index in [9.17, 15) is 4.79 Å². The van der Waals surface area contributed by atoms with Crippen molar-refractivity contribution < 1.29 is 14.1 Å². The van der Waals surface area contributed by atoms with Gasteiger partial charge in [-0.15, -0.1) is 0 Å². The summed E-state index contributed by atoms with van der Waals surface area (Å²) in [6.45, 7) is 5.11. The van der Waals surface area contributed by atoms with Crippen LogP contribution in [0.4, 0.5) is 5.95 Å². The smallest absolute Gasteiger partial charge is 0.227 e. The third-order valence-corrected chi connectivity index (χ3v) is 6.26. The molecular weight excluding hydrogens is 418 g/mol. The molecule has 0 spiro atoms. The number of aryl methyl sites for hydroxylation is 2. The zero-order valence-corrected chi connectivity index (χ0v) is 20.0. The number of amides is 1. The second kappa shape index (κ2) is 9.60. The highest BCUT2D eigenvalue weighted by Gasteiger charge is 2.29. The summed E-state index contributed by atoms with van der Waals surface area (Å²) >= 11 is 0. The minimum Gasteiger partial charge on any atom is -0.497 e. The van der Waals surface area contributed by atoms with E-state index in [4.69, 9.17) is 14.2 Å². The van der Waals surface area contributed by atoms with E-state index in [1.54, 1.807) is 7.11 Å². The number of piperidine rings is 1. The molecule has 0 radical (unpaired) electrons. The molecule has 2 aromatic heterocycles. The highest BCUT2D eigenvalue weighted by molar-refractivity contribution is 5.79. The molecule has 0 bridgehead atoms. The summed E-state index contributed by atoms with van der Waals surface area (Å²) < 4.78 is 10.7. The Kier molecular flexibility index (Phi) is 6.62. The molecule has 0 N–H and O–H groups in total. The number of carbonyl (C=O) groups excluding carboxylic acids is 1. The van der Waals surface area contributed by atoms with E-state index < -0.39 is 0 Å². The summed E-state index contributed by atoms with van der Waals surface area (Å²) in [4.78, 5) is 26.5. The Morgan fingerprint density at radius 3 is 2.82 bits per heavy atom. The maximum Gasteiger partial charge on any atom is 0.227 e. The normalized spacial score (nSPS) is 16.0. The number of benzene rings is 1. The van der Waals surface area contributed by atoms with Gasteiger partial charge in [-0.3, -0.25) is 4.79 Å². The zero-order chi connectivity index (χ0) is 23.5. The summed E-state index contributed by atoms with van der Waals surface area (Å²) in [5.41, 5.74) is 4.62. The fraction of sp³-hybridized carbons (Fsp3) is 0.440. The molecule has 174 valence electrons. The highest BCUT2D eigenvalue weighted by Crippen LogP contribution is 2.35. The molecule has 8 heteroatoms. The number of nitrogens with zero attached hydrogens (tertiary/aromatic N) is 5. The topological polar surface area (TPSA) is 84.6 Å². The molecule has 0 aliphatic carbocycles. The third-order valence-electron chi connectivity index (χ3n) is 6.26. The summed E-state index contributed by atoms with van der Waals surface area (Å²) in [6, 6.07) is 7.94. The zero-order valence-electron chi connectivity index (χ0n) is 20.0. The Hall–Kier alpha value is -3.42. The molecule has 8 nitrogen and oxygen atoms in total. The van der Waals surface area contributed by atoms with Crippen LogP contribution in [0.25, 0.3) is 11.1 Å². The molecule has 33 heavy (non-hydrogen) atoms. The molecule has 1 saturated heterocycles. The van der Waals surface area contributed by atoms with Crippen LogP contribution >= 0.6 is 0 Å². The number of hydrogen-bond acceptors (Lipinski definition) is 7. The molecule has 0 unspecified atom stereocenters. The maximum absolute atomic E-state index is 13.2. The minimum absolute atomic E-state index is 0.0962. The van der Waals surface area contributed by atoms with Gasteiger partial charge in [0.1, 0.15) is 11.5 Å². The second-order valence-corrected chi connectivity index (χ2v) is 8.75. The Morgan fingerprint density at radius 2 is 2.12 bits per heavy atom. The van der Waals surface area contributed by atoms with E-state index in [2.05, 4.69) is 10.1 Å². The average molecular weight is 450 g/mol. The van der Waals surface area contributed by atoms with Gasteiger partial charge in [0.05, 0.1) is 24.9 Å². The van der Waals surface area contributed by atoms with Crippen LogP contribution in [-0.2, 0) is 11.2 Å². The summed E-state index contributed by atoms with van der Waals surface area (Å²) in [5, 5.41) is 3.98. The first-order chi connectivity index (χ1) is 15.9. The fourth-order valence-corrected chi connectivity index (χ4v) is 4.37. The van der Waals surface area contributed by atoms with Crippen molar-refractivity contribution in [2.45, 2.75) is 39.0 Å². The number of rotatable bonds is 6. The molecule has 3 heterocycles. The Balaban J connectivity index is 1.64. The van der Waals surface area contributed by atoms with Crippen molar-refractivity contribution >= 4 is 11.9 Å². The van der Waals surface area contributed by atoms with Gasteiger partial charge in [-0.1, -0.05) is 17.3 Å². The van der Waals surface area contributed by atoms with Crippen LogP contribution in [0.5, 0.6) is 5.75 Å². The second-order valence-electron chi connectivity index (χ2n) is 8.75. The Bertz CT molecular complexity index is 1120. The van der Waals surface area contributed by atoms with Gasteiger partial charge < -0.3 is 19.1 Å². The van der Waals surface area contributed by atoms with Crippen molar-refractivity contribution in [3.05, 3.63) is 53.2 Å². The lowest BCUT2D eigenvalue weighted by Gasteiger charge is -2.33. The van der Waals surface area contributed by atoms with E-state index in [0.717, 1.165) is 53.2 Å². The van der Waals surface area contributed by atoms with Crippen molar-refractivity contribution in [2.24, 2.45) is 0 Å². The quantitative estimate of drug-likeness (QED) is 0.566. The minimum atomic E-state index is 0.0962. The third kappa shape index (κ3) is 4.84. The van der Waals surface area contributed by atoms with Crippen molar-refractivity contribution in [3.63, 3.8) is 0 Å². The average Bonchev–Trinajstić information content (AvgIpc) is 3.15. The highest BCUT2D eigenvalue weighted by atomic mass is 16.5. The van der Waals surface area contributed by atoms with E-state index in [-0.39, 0.29) is 11.8 Å². The van der Waals surface area contributed by atoms with Gasteiger partial charge in [0.25, 0.3) is 0 Å². The van der Waals surface area contributed by atoms with Gasteiger partial charge in [0.2, 0.25) is 11.9 Å². The summed E-state index contributed by atoms with van der Waals surface area (Å²) in [7, 11) is 5.53. The largest absolute Gasteiger partial charge is 0.497 e. The number of ether oxygens (including phenoxy) is 1. The first-order valence-electron chi connectivity index (χ1n) is 11.3. The lowest BCUT2D eigenvalue weighted by molar-refractivity contribution is -0.131. The van der Waals surface area contributed by atoms with Gasteiger partial charge in [-0.05, 0) is 44.4 Å². The number of hydrogen-bond donors (Lipinski definition) is 0. The molecule has 1 aromatic carbocycles. The molecule has 1 fully saturated rings. The predicted molar refractivity (Wildman–Crippen MR) is 127 cm³/mol. The number of carbonyl (C=O) groups is 1. The molecule has 0 saturated carbocycles. The first kappa shape index (κ1) is 22.8. The summed E-state index contributed by atoms with van der Waals surface area (Å²) in [5.74, 6) is 2.38. The Labute approximate surface area is 194 Å². The molecule has 1 atom stereocenters. The van der Waals surface area contributed by atoms with Crippen LogP contribution in [-0.4, -0.2) is 60.2 Å². The van der Waals surface area contributed by atoms with Crippen molar-refractivity contribution in [1.82, 2.24) is 20.0 Å². The van der Waals surface area contributed by atoms with Crippen molar-refractivity contribution in [3.8, 4) is 16.9 Å². The van der Waals surface area contributed by atoms with E-state index in [0.29, 0.717) is 24.7 Å². The van der Waals surface area contributed by atoms with E-state index >= 15 is 0 Å². The molecule has 4 rings (SSSR count). The predicted octanol–water partition coefficient (Wildman–Crippen LogP) is 3.77. The van der Waals surface area contributed by atoms with E-state index in [1.807, 2.05) is 68.2 Å². The maximum atomic E-state index is 13.2. The molecular formula is C25H31N5O3. The van der Waals surface area contributed by atoms with Crippen LogP contribution in [0.1, 0.15) is 41.5 Å². The van der Waals surface area contributed by atoms with Crippen molar-refractivity contribution in [2.75, 3.05) is 39.2 Å². The van der Waals surface area contributed by atoms with Crippen LogP contribution in [0.2, 0.25) is 0 Å². The lowest BCUT2D eigenvalue weighted by atomic mass is 9.89. The van der Waals surface area contributed by atoms with Gasteiger partial charge in [0, 0.05) is 50.4 Å². The van der Waals surface area contributed by atoms with Gasteiger partial charge in [0.15, 0.2) is 0 Å². The molecule has 1 aliphatic rings. The van der Waals surface area contributed by atoms with Crippen LogP contribution in [0, 0.1) is 13.8 Å². The van der Waals surface area contributed by atoms with Crippen molar-refractivity contribution in [1.29, 1.82) is 0 Å². The Morgan fingerprint density at radius 1 is 1.30 bits per heavy atom. The number of likely N-dealkylation sites (tertiary alicyclic amines) is 1. The standard InChI is InChI=1S/C25H31N5O3/c1-16-21(17(2)33-28-16)13-23(31)30-11-7-9-19(15-30)24-22(14-26-25(27-24)29(3)4)18-8-6-10-20(12-18)32-5/h6,8,10,12,14,19H,7,9,11,13,15H2,1-5H3/t19-/m0/s1. The van der Waals surface area contributed by atoms with E-state index in [1.165, 1.54) is 0 Å². The molecule has 1 aliphatic heterocycles. The fourth-order valence-electron chi connectivity index (χ4n) is 4.37. The SMILES string of the molecule is COc1cccc(-c2cnc(N(C)C)nc2[C@H]2CCCN(C(=O)Cc3c(C)noc3C)C2)c1. The van der Waals surface area contributed by atoms with Crippen LogP contribution in [0.3, 0.4) is 0 Å². The van der Waals surface area contributed by atoms with Gasteiger partial charge in [-0.25, -0.2) is 9.97 Å². The van der Waals surface area contributed by atoms with Gasteiger partial charge in [-0.2, -0.15) is 0 Å². The lowest BCUT2D eigenvalue weighted by Crippen LogP contribution is -2.40. The monoisotopic (exact) mass is 449 g/mol. The number of anilines is 1. The van der Waals surface area contributed by atoms with Crippen LogP contribution < -0.4 is 9.64 Å².